The van der Waals surface area contributed by atoms with Crippen molar-refractivity contribution < 1.29 is 14.7 Å². The minimum Gasteiger partial charge on any atom is -0.481 e. The smallest absolute Gasteiger partial charge is 0.304 e. The van der Waals surface area contributed by atoms with Crippen LogP contribution in [0, 0.1) is 5.92 Å². The van der Waals surface area contributed by atoms with E-state index in [-0.39, 0.29) is 12.3 Å². The van der Waals surface area contributed by atoms with Crippen molar-refractivity contribution in [3.63, 3.8) is 0 Å². The van der Waals surface area contributed by atoms with E-state index in [1.165, 1.54) is 0 Å². The topological polar surface area (TPSA) is 66.4 Å². The van der Waals surface area contributed by atoms with Crippen molar-refractivity contribution in [3.05, 3.63) is 66.2 Å². The van der Waals surface area contributed by atoms with E-state index < -0.39 is 11.9 Å². The number of carbonyl (C=O) groups excluding carboxylic acids is 1. The van der Waals surface area contributed by atoms with Gasteiger partial charge in [0.15, 0.2) is 0 Å². The van der Waals surface area contributed by atoms with Crippen molar-refractivity contribution in [2.75, 3.05) is 5.32 Å². The van der Waals surface area contributed by atoms with E-state index in [4.69, 9.17) is 5.11 Å². The van der Waals surface area contributed by atoms with Crippen molar-refractivity contribution in [1.29, 1.82) is 0 Å². The maximum atomic E-state index is 12.3. The lowest BCUT2D eigenvalue weighted by Crippen LogP contribution is -2.27. The Morgan fingerprint density at radius 2 is 1.52 bits per heavy atom. The Hall–Kier alpha value is -2.62. The summed E-state index contributed by atoms with van der Waals surface area (Å²) in [6.45, 7) is 0. The summed E-state index contributed by atoms with van der Waals surface area (Å²) in [4.78, 5) is 23.3. The SMILES string of the molecule is O=C(O)CC(Cc1ccccc1)C(=O)Nc1ccccc1. The second-order valence-electron chi connectivity index (χ2n) is 4.84. The molecule has 0 spiro atoms. The first kappa shape index (κ1) is 14.8. The monoisotopic (exact) mass is 283 g/mol. The number of carboxylic acids is 1. The number of amides is 1. The first-order chi connectivity index (χ1) is 10.1. The van der Waals surface area contributed by atoms with Gasteiger partial charge in [-0.3, -0.25) is 9.59 Å². The fraction of sp³-hybridized carbons (Fsp3) is 0.176. The van der Waals surface area contributed by atoms with Crippen LogP contribution in [0.5, 0.6) is 0 Å². The molecule has 0 heterocycles. The first-order valence-corrected chi connectivity index (χ1v) is 6.77. The van der Waals surface area contributed by atoms with Crippen LogP contribution in [0.25, 0.3) is 0 Å². The third kappa shape index (κ3) is 4.76. The predicted molar refractivity (Wildman–Crippen MR) is 81.0 cm³/mol. The molecule has 1 unspecified atom stereocenters. The number of carbonyl (C=O) groups is 2. The minimum absolute atomic E-state index is 0.187. The summed E-state index contributed by atoms with van der Waals surface area (Å²) in [5.74, 6) is -1.84. The number of rotatable bonds is 6. The maximum Gasteiger partial charge on any atom is 0.304 e. The average molecular weight is 283 g/mol. The van der Waals surface area contributed by atoms with E-state index in [9.17, 15) is 9.59 Å². The standard InChI is InChI=1S/C17H17NO3/c19-16(20)12-14(11-13-7-3-1-4-8-13)17(21)18-15-9-5-2-6-10-15/h1-10,14H,11-12H2,(H,18,21)(H,19,20). The van der Waals surface area contributed by atoms with Crippen molar-refractivity contribution in [1.82, 2.24) is 0 Å². The Morgan fingerprint density at radius 1 is 0.952 bits per heavy atom. The second kappa shape index (κ2) is 7.24. The highest BCUT2D eigenvalue weighted by molar-refractivity contribution is 5.94. The Kier molecular flexibility index (Phi) is 5.10. The van der Waals surface area contributed by atoms with Crippen LogP contribution in [0.4, 0.5) is 5.69 Å². The molecule has 0 bridgehead atoms. The summed E-state index contributed by atoms with van der Waals surface area (Å²) in [6.07, 6.45) is 0.222. The highest BCUT2D eigenvalue weighted by Gasteiger charge is 2.22. The lowest BCUT2D eigenvalue weighted by molar-refractivity contribution is -0.140. The van der Waals surface area contributed by atoms with Crippen LogP contribution in [0.2, 0.25) is 0 Å². The van der Waals surface area contributed by atoms with Gasteiger partial charge in [-0.2, -0.15) is 0 Å². The molecule has 0 fully saturated rings. The number of nitrogens with one attached hydrogen (secondary N) is 1. The fourth-order valence-electron chi connectivity index (χ4n) is 2.13. The summed E-state index contributed by atoms with van der Waals surface area (Å²) >= 11 is 0. The normalized spacial score (nSPS) is 11.6. The number of anilines is 1. The molecule has 2 N–H and O–H groups in total. The molecule has 108 valence electrons. The molecule has 4 heteroatoms. The number of carboxylic acid groups (broad SMARTS) is 1. The lowest BCUT2D eigenvalue weighted by Gasteiger charge is -2.15. The van der Waals surface area contributed by atoms with Crippen molar-refractivity contribution in [2.24, 2.45) is 5.92 Å². The zero-order valence-corrected chi connectivity index (χ0v) is 11.5. The molecule has 0 aliphatic carbocycles. The molecule has 0 saturated carbocycles. The molecular weight excluding hydrogens is 266 g/mol. The molecule has 1 amide bonds. The molecule has 0 aliphatic rings. The van der Waals surface area contributed by atoms with Gasteiger partial charge in [0.25, 0.3) is 0 Å². The third-order valence-electron chi connectivity index (χ3n) is 3.16. The van der Waals surface area contributed by atoms with Crippen molar-refractivity contribution in [3.8, 4) is 0 Å². The molecule has 2 aromatic carbocycles. The Labute approximate surface area is 123 Å². The lowest BCUT2D eigenvalue weighted by atomic mass is 9.95. The molecule has 21 heavy (non-hydrogen) atoms. The van der Waals surface area contributed by atoms with E-state index >= 15 is 0 Å². The van der Waals surface area contributed by atoms with Crippen LogP contribution in [-0.4, -0.2) is 17.0 Å². The van der Waals surface area contributed by atoms with Crippen LogP contribution in [-0.2, 0) is 16.0 Å². The second-order valence-corrected chi connectivity index (χ2v) is 4.84. The van der Waals surface area contributed by atoms with Crippen LogP contribution in [0.15, 0.2) is 60.7 Å². The molecule has 0 aliphatic heterocycles. The number of para-hydroxylation sites is 1. The highest BCUT2D eigenvalue weighted by atomic mass is 16.4. The van der Waals surface area contributed by atoms with E-state index in [1.54, 1.807) is 12.1 Å². The van der Waals surface area contributed by atoms with Gasteiger partial charge in [-0.1, -0.05) is 48.5 Å². The molecule has 1 atom stereocenters. The molecule has 2 rings (SSSR count). The van der Waals surface area contributed by atoms with Crippen LogP contribution in [0.1, 0.15) is 12.0 Å². The van der Waals surface area contributed by atoms with Gasteiger partial charge in [0.2, 0.25) is 5.91 Å². The summed E-state index contributed by atoms with van der Waals surface area (Å²) in [6, 6.07) is 18.5. The predicted octanol–water partition coefficient (Wildman–Crippen LogP) is 2.96. The van der Waals surface area contributed by atoms with Crippen molar-refractivity contribution in [2.45, 2.75) is 12.8 Å². The van der Waals surface area contributed by atoms with Gasteiger partial charge in [0, 0.05) is 5.69 Å². The zero-order valence-electron chi connectivity index (χ0n) is 11.5. The van der Waals surface area contributed by atoms with E-state index in [0.717, 1.165) is 5.56 Å². The highest BCUT2D eigenvalue weighted by Crippen LogP contribution is 2.16. The third-order valence-corrected chi connectivity index (χ3v) is 3.16. The summed E-state index contributed by atoms with van der Waals surface area (Å²) in [7, 11) is 0. The molecule has 0 aromatic heterocycles. The van der Waals surface area contributed by atoms with Gasteiger partial charge < -0.3 is 10.4 Å². The molecular formula is C17H17NO3. The zero-order chi connectivity index (χ0) is 15.1. The van der Waals surface area contributed by atoms with E-state index in [1.807, 2.05) is 48.5 Å². The molecule has 0 saturated heterocycles. The minimum atomic E-state index is -0.973. The summed E-state index contributed by atoms with van der Waals surface area (Å²) < 4.78 is 0. The van der Waals surface area contributed by atoms with Gasteiger partial charge in [0.05, 0.1) is 12.3 Å². The average Bonchev–Trinajstić information content (AvgIpc) is 2.48. The summed E-state index contributed by atoms with van der Waals surface area (Å²) in [5.41, 5.74) is 1.62. The quantitative estimate of drug-likeness (QED) is 0.856. The number of hydrogen-bond donors (Lipinski definition) is 2. The Morgan fingerprint density at radius 3 is 2.10 bits per heavy atom. The molecule has 4 nitrogen and oxygen atoms in total. The fourth-order valence-corrected chi connectivity index (χ4v) is 2.13. The van der Waals surface area contributed by atoms with Crippen molar-refractivity contribution >= 4 is 17.6 Å². The van der Waals surface area contributed by atoms with Gasteiger partial charge in [0.1, 0.15) is 0 Å². The first-order valence-electron chi connectivity index (χ1n) is 6.77. The number of hydrogen-bond acceptors (Lipinski definition) is 2. The van der Waals surface area contributed by atoms with E-state index in [2.05, 4.69) is 5.32 Å². The van der Waals surface area contributed by atoms with Crippen LogP contribution < -0.4 is 5.32 Å². The van der Waals surface area contributed by atoms with Gasteiger partial charge in [-0.15, -0.1) is 0 Å². The number of aliphatic carboxylic acids is 1. The Bertz CT molecular complexity index is 596. The van der Waals surface area contributed by atoms with E-state index in [0.29, 0.717) is 12.1 Å². The van der Waals surface area contributed by atoms with Crippen LogP contribution >= 0.6 is 0 Å². The van der Waals surface area contributed by atoms with Gasteiger partial charge >= 0.3 is 5.97 Å². The summed E-state index contributed by atoms with van der Waals surface area (Å²) in [5, 5.41) is 11.8. The maximum absolute atomic E-state index is 12.3. The van der Waals surface area contributed by atoms with Gasteiger partial charge in [-0.25, -0.2) is 0 Å². The number of benzene rings is 2. The molecule has 0 radical (unpaired) electrons. The molecule has 2 aromatic rings. The van der Waals surface area contributed by atoms with Crippen LogP contribution in [0.3, 0.4) is 0 Å². The largest absolute Gasteiger partial charge is 0.481 e. The Balaban J connectivity index is 2.08. The van der Waals surface area contributed by atoms with Gasteiger partial charge in [-0.05, 0) is 24.1 Å².